The van der Waals surface area contributed by atoms with Gasteiger partial charge in [0.15, 0.2) is 5.76 Å². The predicted molar refractivity (Wildman–Crippen MR) is 79.8 cm³/mol. The Morgan fingerprint density at radius 1 is 1.40 bits per heavy atom. The summed E-state index contributed by atoms with van der Waals surface area (Å²) < 4.78 is 8.03. The number of furan rings is 1. The van der Waals surface area contributed by atoms with Crippen LogP contribution in [0, 0.1) is 6.92 Å². The fourth-order valence-corrected chi connectivity index (χ4v) is 2.51. The molecule has 0 saturated heterocycles. The third-order valence-electron chi connectivity index (χ3n) is 2.96. The van der Waals surface area contributed by atoms with Gasteiger partial charge in [0.1, 0.15) is 11.4 Å². The molecule has 0 radical (unpaired) electrons. The van der Waals surface area contributed by atoms with Gasteiger partial charge in [0.25, 0.3) is 5.91 Å². The van der Waals surface area contributed by atoms with Gasteiger partial charge in [-0.25, -0.2) is 0 Å². The lowest BCUT2D eigenvalue weighted by atomic mass is 10.2. The van der Waals surface area contributed by atoms with E-state index in [4.69, 9.17) is 4.42 Å². The van der Waals surface area contributed by atoms with Crippen molar-refractivity contribution < 1.29 is 9.21 Å². The molecular weight excluding hydrogens is 322 g/mol. The maximum Gasteiger partial charge on any atom is 0.292 e. The largest absolute Gasteiger partial charge is 0.450 e. The Kier molecular flexibility index (Phi) is 3.10. The highest BCUT2D eigenvalue weighted by Gasteiger charge is 2.15. The second-order valence-corrected chi connectivity index (χ2v) is 5.37. The molecule has 3 aromatic rings. The van der Waals surface area contributed by atoms with E-state index in [0.717, 1.165) is 15.6 Å². The highest BCUT2D eigenvalue weighted by Crippen LogP contribution is 2.27. The maximum absolute atomic E-state index is 12.2. The van der Waals surface area contributed by atoms with Crippen LogP contribution in [-0.2, 0) is 7.05 Å². The zero-order valence-electron chi connectivity index (χ0n) is 11.0. The Labute approximate surface area is 123 Å². The number of halogens is 1. The lowest BCUT2D eigenvalue weighted by molar-refractivity contribution is 0.0997. The molecule has 2 heterocycles. The lowest BCUT2D eigenvalue weighted by Crippen LogP contribution is -2.13. The van der Waals surface area contributed by atoms with E-state index in [9.17, 15) is 4.79 Å². The van der Waals surface area contributed by atoms with Crippen molar-refractivity contribution in [3.63, 3.8) is 0 Å². The normalized spacial score (nSPS) is 10.9. The number of benzene rings is 1. The van der Waals surface area contributed by atoms with Crippen LogP contribution in [0.4, 0.5) is 5.82 Å². The number of fused-ring (bicyclic) bond motifs is 1. The number of carbonyl (C=O) groups is 1. The first-order chi connectivity index (χ1) is 9.54. The highest BCUT2D eigenvalue weighted by atomic mass is 79.9. The second-order valence-electron chi connectivity index (χ2n) is 4.52. The molecule has 102 valence electrons. The predicted octanol–water partition coefficient (Wildman–Crippen LogP) is 3.49. The summed E-state index contributed by atoms with van der Waals surface area (Å²) in [6, 6.07) is 9.19. The molecule has 0 bridgehead atoms. The summed E-state index contributed by atoms with van der Waals surface area (Å²) in [5.74, 6) is 0.605. The number of para-hydroxylation sites is 1. The summed E-state index contributed by atoms with van der Waals surface area (Å²) in [6.07, 6.45) is 0. The van der Waals surface area contributed by atoms with E-state index >= 15 is 0 Å². The van der Waals surface area contributed by atoms with E-state index in [1.165, 1.54) is 0 Å². The quantitative estimate of drug-likeness (QED) is 0.780. The molecular formula is C14H12BrN3O2. The fraction of sp³-hybridized carbons (Fsp3) is 0.143. The molecule has 20 heavy (non-hydrogen) atoms. The van der Waals surface area contributed by atoms with E-state index < -0.39 is 0 Å². The summed E-state index contributed by atoms with van der Waals surface area (Å²) in [7, 11) is 1.78. The molecule has 1 aromatic carbocycles. The third-order valence-corrected chi connectivity index (χ3v) is 3.59. The van der Waals surface area contributed by atoms with Gasteiger partial charge in [0, 0.05) is 18.5 Å². The molecule has 0 spiro atoms. The molecule has 0 saturated carbocycles. The van der Waals surface area contributed by atoms with Crippen LogP contribution in [0.5, 0.6) is 0 Å². The SMILES string of the molecule is Cc1cc(NC(=O)c2cc3cccc(Br)c3o2)n(C)n1. The number of hydrogen-bond donors (Lipinski definition) is 1. The minimum Gasteiger partial charge on any atom is -0.450 e. The van der Waals surface area contributed by atoms with Gasteiger partial charge in [0.2, 0.25) is 0 Å². The van der Waals surface area contributed by atoms with E-state index in [2.05, 4.69) is 26.3 Å². The van der Waals surface area contributed by atoms with Gasteiger partial charge in [-0.3, -0.25) is 9.48 Å². The van der Waals surface area contributed by atoms with Crippen molar-refractivity contribution in [3.05, 3.63) is 46.3 Å². The second kappa shape index (κ2) is 4.79. The summed E-state index contributed by atoms with van der Waals surface area (Å²) in [6.45, 7) is 1.87. The first-order valence-corrected chi connectivity index (χ1v) is 6.84. The van der Waals surface area contributed by atoms with Crippen LogP contribution in [0.25, 0.3) is 11.0 Å². The van der Waals surface area contributed by atoms with E-state index in [-0.39, 0.29) is 11.7 Å². The molecule has 1 N–H and O–H groups in total. The molecule has 2 aromatic heterocycles. The third kappa shape index (κ3) is 2.22. The van der Waals surface area contributed by atoms with Crippen LogP contribution >= 0.6 is 15.9 Å². The molecule has 6 heteroatoms. The monoisotopic (exact) mass is 333 g/mol. The van der Waals surface area contributed by atoms with Crippen molar-refractivity contribution in [1.82, 2.24) is 9.78 Å². The number of amides is 1. The van der Waals surface area contributed by atoms with Crippen molar-refractivity contribution >= 4 is 38.6 Å². The Hall–Kier alpha value is -2.08. The van der Waals surface area contributed by atoms with Crippen molar-refractivity contribution in [2.45, 2.75) is 6.92 Å². The van der Waals surface area contributed by atoms with Gasteiger partial charge >= 0.3 is 0 Å². The van der Waals surface area contributed by atoms with Gasteiger partial charge in [-0.05, 0) is 35.0 Å². The number of anilines is 1. The number of carbonyl (C=O) groups excluding carboxylic acids is 1. The number of nitrogens with one attached hydrogen (secondary N) is 1. The molecule has 0 aliphatic heterocycles. The number of aryl methyl sites for hydroxylation is 2. The average Bonchev–Trinajstić information content (AvgIpc) is 2.94. The summed E-state index contributed by atoms with van der Waals surface area (Å²) >= 11 is 3.40. The highest BCUT2D eigenvalue weighted by molar-refractivity contribution is 9.10. The minimum atomic E-state index is -0.295. The molecule has 0 fully saturated rings. The maximum atomic E-state index is 12.2. The van der Waals surface area contributed by atoms with Crippen LogP contribution in [0.15, 0.2) is 39.2 Å². The van der Waals surface area contributed by atoms with Crippen LogP contribution in [0.3, 0.4) is 0 Å². The molecule has 0 atom stereocenters. The summed E-state index contributed by atoms with van der Waals surface area (Å²) in [5, 5.41) is 7.84. The number of rotatable bonds is 2. The fourth-order valence-electron chi connectivity index (χ4n) is 2.04. The number of hydrogen-bond acceptors (Lipinski definition) is 3. The van der Waals surface area contributed by atoms with Gasteiger partial charge in [-0.1, -0.05) is 12.1 Å². The van der Waals surface area contributed by atoms with Crippen LogP contribution in [0.1, 0.15) is 16.2 Å². The molecule has 3 rings (SSSR count). The Morgan fingerprint density at radius 3 is 2.85 bits per heavy atom. The number of nitrogens with zero attached hydrogens (tertiary/aromatic N) is 2. The van der Waals surface area contributed by atoms with E-state index in [1.54, 1.807) is 23.9 Å². The zero-order valence-corrected chi connectivity index (χ0v) is 12.6. The summed E-state index contributed by atoms with van der Waals surface area (Å²) in [5.41, 5.74) is 1.51. The Bertz CT molecular complexity index is 804. The van der Waals surface area contributed by atoms with Crippen LogP contribution < -0.4 is 5.32 Å². The minimum absolute atomic E-state index is 0.269. The van der Waals surface area contributed by atoms with E-state index in [1.807, 2.05) is 25.1 Å². The molecule has 1 amide bonds. The molecule has 0 unspecified atom stereocenters. The van der Waals surface area contributed by atoms with Crippen molar-refractivity contribution in [2.75, 3.05) is 5.32 Å². The van der Waals surface area contributed by atoms with Gasteiger partial charge in [0.05, 0.1) is 10.2 Å². The van der Waals surface area contributed by atoms with Gasteiger partial charge in [-0.2, -0.15) is 5.10 Å². The van der Waals surface area contributed by atoms with Crippen molar-refractivity contribution in [1.29, 1.82) is 0 Å². The van der Waals surface area contributed by atoms with Crippen molar-refractivity contribution in [3.8, 4) is 0 Å². The summed E-state index contributed by atoms with van der Waals surface area (Å²) in [4.78, 5) is 12.2. The van der Waals surface area contributed by atoms with Crippen LogP contribution in [0.2, 0.25) is 0 Å². The lowest BCUT2D eigenvalue weighted by Gasteiger charge is -2.02. The number of aromatic nitrogens is 2. The first kappa shape index (κ1) is 12.9. The zero-order chi connectivity index (χ0) is 14.3. The van der Waals surface area contributed by atoms with Crippen LogP contribution in [-0.4, -0.2) is 15.7 Å². The molecule has 5 nitrogen and oxygen atoms in total. The Balaban J connectivity index is 1.93. The van der Waals surface area contributed by atoms with Gasteiger partial charge < -0.3 is 9.73 Å². The van der Waals surface area contributed by atoms with E-state index in [0.29, 0.717) is 11.4 Å². The van der Waals surface area contributed by atoms with Gasteiger partial charge in [-0.15, -0.1) is 0 Å². The topological polar surface area (TPSA) is 60.1 Å². The molecule has 0 aliphatic carbocycles. The molecule has 0 aliphatic rings. The standard InChI is InChI=1S/C14H12BrN3O2/c1-8-6-12(18(2)17-8)16-14(19)11-7-9-4-3-5-10(15)13(9)20-11/h3-7H,1-2H3,(H,16,19). The first-order valence-electron chi connectivity index (χ1n) is 6.04. The Morgan fingerprint density at radius 2 is 2.20 bits per heavy atom. The average molecular weight is 334 g/mol. The smallest absolute Gasteiger partial charge is 0.292 e. The van der Waals surface area contributed by atoms with Crippen molar-refractivity contribution in [2.24, 2.45) is 7.05 Å².